The Kier molecular flexibility index (Phi) is 6.53. The average molecular weight is 466 g/mol. The molecule has 4 rings (SSSR count). The highest BCUT2D eigenvalue weighted by Crippen LogP contribution is 2.26. The van der Waals surface area contributed by atoms with Crippen molar-refractivity contribution in [1.82, 2.24) is 4.57 Å². The molecule has 7 nitrogen and oxygen atoms in total. The van der Waals surface area contributed by atoms with Crippen molar-refractivity contribution in [2.24, 2.45) is 0 Å². The van der Waals surface area contributed by atoms with Gasteiger partial charge in [-0.15, -0.1) is 0 Å². The molecule has 0 saturated heterocycles. The van der Waals surface area contributed by atoms with E-state index in [1.54, 1.807) is 53.1 Å². The van der Waals surface area contributed by atoms with Crippen LogP contribution in [0.1, 0.15) is 6.92 Å². The van der Waals surface area contributed by atoms with Crippen LogP contribution in [-0.2, 0) is 20.9 Å². The van der Waals surface area contributed by atoms with E-state index in [0.29, 0.717) is 21.8 Å². The van der Waals surface area contributed by atoms with E-state index >= 15 is 0 Å². The first kappa shape index (κ1) is 22.9. The molecule has 1 amide bonds. The summed E-state index contributed by atoms with van der Waals surface area (Å²) in [7, 11) is 0. The van der Waals surface area contributed by atoms with Crippen molar-refractivity contribution in [1.29, 1.82) is 0 Å². The molecule has 1 unspecified atom stereocenters. The minimum Gasteiger partial charge on any atom is -0.451 e. The lowest BCUT2D eigenvalue weighted by molar-refractivity contribution is -0.153. The van der Waals surface area contributed by atoms with Gasteiger partial charge in [-0.1, -0.05) is 36.4 Å². The minimum absolute atomic E-state index is 0.0214. The number of amides is 1. The molecule has 0 fully saturated rings. The van der Waals surface area contributed by atoms with E-state index in [4.69, 9.17) is 4.74 Å². The fourth-order valence-corrected chi connectivity index (χ4v) is 3.67. The van der Waals surface area contributed by atoms with Crippen molar-refractivity contribution < 1.29 is 27.8 Å². The van der Waals surface area contributed by atoms with Crippen LogP contribution < -0.4 is 15.5 Å². The standard InChI is InChI=1S/C25H20F2N2O5/c1-15(24(32)28-18-10-4-7-13-21(18)34-25(26)27)33-22(30)14-29-19-11-5-2-8-16(19)23(31)17-9-3-6-12-20(17)29/h2-13,15,25H,14H2,1H3,(H,28,32). The summed E-state index contributed by atoms with van der Waals surface area (Å²) < 4.78 is 36.5. The average Bonchev–Trinajstić information content (AvgIpc) is 2.82. The molecule has 0 radical (unpaired) electrons. The summed E-state index contributed by atoms with van der Waals surface area (Å²) in [5.74, 6) is -1.64. The van der Waals surface area contributed by atoms with Gasteiger partial charge in [0.1, 0.15) is 12.3 Å². The fraction of sp³-hybridized carbons (Fsp3) is 0.160. The monoisotopic (exact) mass is 466 g/mol. The zero-order valence-electron chi connectivity index (χ0n) is 18.0. The van der Waals surface area contributed by atoms with Gasteiger partial charge in [0, 0.05) is 10.8 Å². The summed E-state index contributed by atoms with van der Waals surface area (Å²) in [6, 6.07) is 19.5. The van der Waals surface area contributed by atoms with E-state index in [1.165, 1.54) is 31.2 Å². The van der Waals surface area contributed by atoms with Crippen LogP contribution in [0.25, 0.3) is 21.8 Å². The zero-order chi connectivity index (χ0) is 24.2. The van der Waals surface area contributed by atoms with Crippen LogP contribution in [0.4, 0.5) is 14.5 Å². The molecule has 34 heavy (non-hydrogen) atoms. The normalized spacial score (nSPS) is 12.0. The number of rotatable bonds is 7. The van der Waals surface area contributed by atoms with Gasteiger partial charge in [-0.2, -0.15) is 8.78 Å². The van der Waals surface area contributed by atoms with Gasteiger partial charge in [0.25, 0.3) is 5.91 Å². The number of para-hydroxylation sites is 4. The lowest BCUT2D eigenvalue weighted by Gasteiger charge is -2.18. The number of nitrogens with one attached hydrogen (secondary N) is 1. The molecule has 0 aliphatic heterocycles. The molecule has 1 aromatic heterocycles. The molecule has 9 heteroatoms. The molecule has 0 spiro atoms. The van der Waals surface area contributed by atoms with Crippen molar-refractivity contribution in [3.8, 4) is 5.75 Å². The molecule has 1 heterocycles. The molecule has 1 N–H and O–H groups in total. The van der Waals surface area contributed by atoms with E-state index in [1.807, 2.05) is 0 Å². The molecule has 174 valence electrons. The molecule has 4 aromatic rings. The summed E-state index contributed by atoms with van der Waals surface area (Å²) in [5.41, 5.74) is 0.984. The van der Waals surface area contributed by atoms with Gasteiger partial charge in [-0.05, 0) is 43.3 Å². The van der Waals surface area contributed by atoms with Gasteiger partial charge >= 0.3 is 12.6 Å². The number of carbonyl (C=O) groups excluding carboxylic acids is 2. The van der Waals surface area contributed by atoms with Crippen molar-refractivity contribution in [2.75, 3.05) is 5.32 Å². The number of carbonyl (C=O) groups is 2. The molecule has 3 aromatic carbocycles. The first-order valence-electron chi connectivity index (χ1n) is 10.4. The number of pyridine rings is 1. The number of hydrogen-bond acceptors (Lipinski definition) is 5. The third-order valence-corrected chi connectivity index (χ3v) is 5.20. The van der Waals surface area contributed by atoms with Gasteiger partial charge in [0.15, 0.2) is 11.5 Å². The maximum absolute atomic E-state index is 12.8. The second-order valence-corrected chi connectivity index (χ2v) is 7.45. The van der Waals surface area contributed by atoms with Crippen molar-refractivity contribution in [2.45, 2.75) is 26.2 Å². The Morgan fingerprint density at radius 2 is 1.47 bits per heavy atom. The van der Waals surface area contributed by atoms with Crippen LogP contribution in [0.15, 0.2) is 77.6 Å². The molecule has 1 atom stereocenters. The largest absolute Gasteiger partial charge is 0.451 e. The number of esters is 1. The van der Waals surface area contributed by atoms with Gasteiger partial charge < -0.3 is 19.4 Å². The molecule has 0 aliphatic carbocycles. The van der Waals surface area contributed by atoms with E-state index in [0.717, 1.165) is 0 Å². The van der Waals surface area contributed by atoms with Crippen LogP contribution in [-0.4, -0.2) is 29.2 Å². The first-order valence-corrected chi connectivity index (χ1v) is 10.4. The Morgan fingerprint density at radius 3 is 2.09 bits per heavy atom. The van der Waals surface area contributed by atoms with E-state index in [9.17, 15) is 23.2 Å². The SMILES string of the molecule is CC(OC(=O)Cn1c2ccccc2c(=O)c2ccccc21)C(=O)Nc1ccccc1OC(F)F. The first-order chi connectivity index (χ1) is 16.3. The molecule has 0 saturated carbocycles. The van der Waals surface area contributed by atoms with E-state index in [-0.39, 0.29) is 23.4 Å². The predicted molar refractivity (Wildman–Crippen MR) is 123 cm³/mol. The Balaban J connectivity index is 1.54. The second-order valence-electron chi connectivity index (χ2n) is 7.45. The summed E-state index contributed by atoms with van der Waals surface area (Å²) in [6.45, 7) is -1.94. The Bertz CT molecular complexity index is 1370. The Labute approximate surface area is 192 Å². The van der Waals surface area contributed by atoms with E-state index < -0.39 is 24.6 Å². The Morgan fingerprint density at radius 1 is 0.912 bits per heavy atom. The topological polar surface area (TPSA) is 86.6 Å². The lowest BCUT2D eigenvalue weighted by atomic mass is 10.1. The highest BCUT2D eigenvalue weighted by atomic mass is 19.3. The lowest BCUT2D eigenvalue weighted by Crippen LogP contribution is -2.31. The van der Waals surface area contributed by atoms with Gasteiger partial charge in [0.05, 0.1) is 16.7 Å². The van der Waals surface area contributed by atoms with Crippen molar-refractivity contribution in [3.63, 3.8) is 0 Å². The number of benzene rings is 3. The number of fused-ring (bicyclic) bond motifs is 2. The summed E-state index contributed by atoms with van der Waals surface area (Å²) in [5, 5.41) is 3.34. The van der Waals surface area contributed by atoms with Crippen LogP contribution >= 0.6 is 0 Å². The molecular weight excluding hydrogens is 446 g/mol. The van der Waals surface area contributed by atoms with Crippen LogP contribution in [0, 0.1) is 0 Å². The molecule has 0 aliphatic rings. The quantitative estimate of drug-likeness (QED) is 0.324. The van der Waals surface area contributed by atoms with Gasteiger partial charge in [-0.3, -0.25) is 14.4 Å². The van der Waals surface area contributed by atoms with Crippen molar-refractivity contribution >= 4 is 39.4 Å². The van der Waals surface area contributed by atoms with E-state index in [2.05, 4.69) is 10.1 Å². The van der Waals surface area contributed by atoms with Crippen LogP contribution in [0.3, 0.4) is 0 Å². The number of alkyl halides is 2. The number of hydrogen-bond donors (Lipinski definition) is 1. The number of nitrogens with zero attached hydrogens (tertiary/aromatic N) is 1. The second kappa shape index (κ2) is 9.70. The highest BCUT2D eigenvalue weighted by molar-refractivity contribution is 5.97. The Hall–Kier alpha value is -4.27. The number of anilines is 1. The smallest absolute Gasteiger partial charge is 0.387 e. The van der Waals surface area contributed by atoms with Crippen molar-refractivity contribution in [3.05, 3.63) is 83.0 Å². The number of aromatic nitrogens is 1. The summed E-state index contributed by atoms with van der Waals surface area (Å²) in [4.78, 5) is 38.1. The van der Waals surface area contributed by atoms with Crippen LogP contribution in [0.2, 0.25) is 0 Å². The minimum atomic E-state index is -3.06. The third kappa shape index (κ3) is 4.73. The fourth-order valence-electron chi connectivity index (χ4n) is 3.67. The maximum atomic E-state index is 12.8. The van der Waals surface area contributed by atoms with Gasteiger partial charge in [-0.25, -0.2) is 0 Å². The number of halogens is 2. The molecule has 0 bridgehead atoms. The third-order valence-electron chi connectivity index (χ3n) is 5.20. The van der Waals surface area contributed by atoms with Gasteiger partial charge in [0.2, 0.25) is 0 Å². The van der Waals surface area contributed by atoms with Crippen LogP contribution in [0.5, 0.6) is 5.75 Å². The predicted octanol–water partition coefficient (Wildman–Crippen LogP) is 4.33. The number of ether oxygens (including phenoxy) is 2. The highest BCUT2D eigenvalue weighted by Gasteiger charge is 2.21. The summed E-state index contributed by atoms with van der Waals surface area (Å²) >= 11 is 0. The molecular formula is C25H20F2N2O5. The maximum Gasteiger partial charge on any atom is 0.387 e. The zero-order valence-corrected chi connectivity index (χ0v) is 18.0. The summed E-state index contributed by atoms with van der Waals surface area (Å²) in [6.07, 6.45) is -1.22.